The maximum Gasteiger partial charge on any atom is 0.127 e. The molecule has 2 nitrogen and oxygen atoms in total. The SMILES string of the molecule is CNC(CCN(C)C(C)c1cccs1)c1ccccc1F. The first-order valence-electron chi connectivity index (χ1n) is 7.28. The molecule has 0 saturated heterocycles. The lowest BCUT2D eigenvalue weighted by molar-refractivity contribution is 0.249. The summed E-state index contributed by atoms with van der Waals surface area (Å²) in [7, 11) is 4.01. The first kappa shape index (κ1) is 16.1. The number of halogens is 1. The molecule has 2 rings (SSSR count). The molecule has 0 aliphatic carbocycles. The molecule has 2 atom stereocenters. The van der Waals surface area contributed by atoms with E-state index in [4.69, 9.17) is 0 Å². The van der Waals surface area contributed by atoms with E-state index in [1.54, 1.807) is 17.4 Å². The van der Waals surface area contributed by atoms with Gasteiger partial charge in [0.15, 0.2) is 0 Å². The van der Waals surface area contributed by atoms with Gasteiger partial charge in [-0.25, -0.2) is 4.39 Å². The van der Waals surface area contributed by atoms with Crippen LogP contribution in [0.15, 0.2) is 41.8 Å². The highest BCUT2D eigenvalue weighted by Crippen LogP contribution is 2.25. The smallest absolute Gasteiger partial charge is 0.127 e. The molecule has 4 heteroatoms. The Kier molecular flexibility index (Phi) is 5.91. The average molecular weight is 306 g/mol. The number of thiophene rings is 1. The Morgan fingerprint density at radius 2 is 2.00 bits per heavy atom. The summed E-state index contributed by atoms with van der Waals surface area (Å²) in [6.07, 6.45) is 0.879. The Bertz CT molecular complexity index is 541. The van der Waals surface area contributed by atoms with Crippen LogP contribution in [0, 0.1) is 5.82 Å². The van der Waals surface area contributed by atoms with Gasteiger partial charge in [-0.2, -0.15) is 0 Å². The quantitative estimate of drug-likeness (QED) is 0.823. The van der Waals surface area contributed by atoms with E-state index in [0.717, 1.165) is 18.5 Å². The predicted octanol–water partition coefficient (Wildman–Crippen LogP) is 4.23. The molecule has 0 saturated carbocycles. The van der Waals surface area contributed by atoms with Crippen molar-refractivity contribution in [2.24, 2.45) is 0 Å². The van der Waals surface area contributed by atoms with Crippen molar-refractivity contribution in [2.45, 2.75) is 25.4 Å². The second-order valence-corrected chi connectivity index (χ2v) is 6.30. The summed E-state index contributed by atoms with van der Waals surface area (Å²) in [5.74, 6) is -0.134. The largest absolute Gasteiger partial charge is 0.313 e. The first-order chi connectivity index (χ1) is 10.1. The average Bonchev–Trinajstić information content (AvgIpc) is 3.02. The zero-order valence-electron chi connectivity index (χ0n) is 12.8. The molecule has 0 spiro atoms. The number of rotatable bonds is 7. The number of benzene rings is 1. The predicted molar refractivity (Wildman–Crippen MR) is 88.2 cm³/mol. The summed E-state index contributed by atoms with van der Waals surface area (Å²) >= 11 is 1.78. The highest BCUT2D eigenvalue weighted by molar-refractivity contribution is 7.10. The van der Waals surface area contributed by atoms with E-state index in [0.29, 0.717) is 6.04 Å². The van der Waals surface area contributed by atoms with Crippen molar-refractivity contribution in [3.8, 4) is 0 Å². The van der Waals surface area contributed by atoms with Crippen LogP contribution in [0.1, 0.15) is 35.9 Å². The van der Waals surface area contributed by atoms with Crippen LogP contribution in [-0.2, 0) is 0 Å². The van der Waals surface area contributed by atoms with Gasteiger partial charge in [0.25, 0.3) is 0 Å². The summed E-state index contributed by atoms with van der Waals surface area (Å²) in [4.78, 5) is 3.68. The minimum absolute atomic E-state index is 0.0455. The molecule has 21 heavy (non-hydrogen) atoms. The number of hydrogen-bond acceptors (Lipinski definition) is 3. The molecule has 0 amide bonds. The Morgan fingerprint density at radius 1 is 1.24 bits per heavy atom. The van der Waals surface area contributed by atoms with Crippen LogP contribution in [0.2, 0.25) is 0 Å². The molecule has 0 radical (unpaired) electrons. The lowest BCUT2D eigenvalue weighted by Gasteiger charge is -2.26. The maximum atomic E-state index is 13.9. The van der Waals surface area contributed by atoms with Gasteiger partial charge in [-0.3, -0.25) is 4.90 Å². The van der Waals surface area contributed by atoms with Crippen molar-refractivity contribution >= 4 is 11.3 Å². The lowest BCUT2D eigenvalue weighted by atomic mass is 10.0. The Morgan fingerprint density at radius 3 is 2.62 bits per heavy atom. The number of nitrogens with one attached hydrogen (secondary N) is 1. The fourth-order valence-corrected chi connectivity index (χ4v) is 3.33. The topological polar surface area (TPSA) is 15.3 Å². The number of nitrogens with zero attached hydrogens (tertiary/aromatic N) is 1. The van der Waals surface area contributed by atoms with Gasteiger partial charge in [0.05, 0.1) is 0 Å². The van der Waals surface area contributed by atoms with Crippen LogP contribution in [-0.4, -0.2) is 25.5 Å². The third-order valence-electron chi connectivity index (χ3n) is 4.02. The van der Waals surface area contributed by atoms with Gasteiger partial charge in [-0.15, -0.1) is 11.3 Å². The summed E-state index contributed by atoms with van der Waals surface area (Å²) in [6.45, 7) is 3.13. The number of hydrogen-bond donors (Lipinski definition) is 1. The fraction of sp³-hybridized carbons (Fsp3) is 0.412. The molecule has 0 aliphatic heterocycles. The van der Waals surface area contributed by atoms with E-state index < -0.39 is 0 Å². The van der Waals surface area contributed by atoms with Crippen LogP contribution >= 0.6 is 11.3 Å². The molecular formula is C17H23FN2S. The van der Waals surface area contributed by atoms with E-state index in [9.17, 15) is 4.39 Å². The summed E-state index contributed by atoms with van der Waals surface area (Å²) in [5.41, 5.74) is 0.747. The Hall–Kier alpha value is -1.23. The van der Waals surface area contributed by atoms with Gasteiger partial charge in [0, 0.05) is 29.1 Å². The van der Waals surface area contributed by atoms with Crippen molar-refractivity contribution in [2.75, 3.05) is 20.6 Å². The zero-order valence-corrected chi connectivity index (χ0v) is 13.7. The third-order valence-corrected chi connectivity index (χ3v) is 5.06. The van der Waals surface area contributed by atoms with E-state index in [2.05, 4.69) is 41.7 Å². The van der Waals surface area contributed by atoms with Crippen molar-refractivity contribution in [3.63, 3.8) is 0 Å². The van der Waals surface area contributed by atoms with Gasteiger partial charge in [-0.1, -0.05) is 24.3 Å². The normalized spacial score (nSPS) is 14.3. The molecule has 2 unspecified atom stereocenters. The van der Waals surface area contributed by atoms with E-state index in [-0.39, 0.29) is 11.9 Å². The molecule has 1 N–H and O–H groups in total. The van der Waals surface area contributed by atoms with E-state index >= 15 is 0 Å². The molecule has 0 bridgehead atoms. The standard InChI is InChI=1S/C17H23FN2S/c1-13(17-9-6-12-21-17)20(3)11-10-16(19-2)14-7-4-5-8-15(14)18/h4-9,12-13,16,19H,10-11H2,1-3H3. The lowest BCUT2D eigenvalue weighted by Crippen LogP contribution is -2.27. The van der Waals surface area contributed by atoms with Gasteiger partial charge >= 0.3 is 0 Å². The molecule has 1 aromatic carbocycles. The second-order valence-electron chi connectivity index (χ2n) is 5.32. The summed E-state index contributed by atoms with van der Waals surface area (Å²) in [5, 5.41) is 5.33. The van der Waals surface area contributed by atoms with Crippen molar-refractivity contribution in [3.05, 3.63) is 58.0 Å². The summed E-state index contributed by atoms with van der Waals surface area (Å²) < 4.78 is 13.9. The van der Waals surface area contributed by atoms with Crippen LogP contribution in [0.3, 0.4) is 0 Å². The Balaban J connectivity index is 1.96. The fourth-order valence-electron chi connectivity index (χ4n) is 2.49. The molecule has 2 aromatic rings. The monoisotopic (exact) mass is 306 g/mol. The van der Waals surface area contributed by atoms with Gasteiger partial charge in [0.1, 0.15) is 5.82 Å². The Labute approximate surface area is 130 Å². The molecule has 0 aliphatic rings. The van der Waals surface area contributed by atoms with Crippen molar-refractivity contribution < 1.29 is 4.39 Å². The van der Waals surface area contributed by atoms with E-state index in [1.807, 2.05) is 19.2 Å². The highest BCUT2D eigenvalue weighted by atomic mass is 32.1. The molecule has 0 fully saturated rings. The second kappa shape index (κ2) is 7.69. The summed E-state index contributed by atoms with van der Waals surface area (Å²) in [6, 6.07) is 11.7. The first-order valence-corrected chi connectivity index (χ1v) is 8.16. The van der Waals surface area contributed by atoms with Gasteiger partial charge in [0.2, 0.25) is 0 Å². The highest BCUT2D eigenvalue weighted by Gasteiger charge is 2.17. The van der Waals surface area contributed by atoms with Crippen LogP contribution < -0.4 is 5.32 Å². The molecule has 1 heterocycles. The van der Waals surface area contributed by atoms with Crippen molar-refractivity contribution in [1.82, 2.24) is 10.2 Å². The van der Waals surface area contributed by atoms with Crippen LogP contribution in [0.5, 0.6) is 0 Å². The van der Waals surface area contributed by atoms with Gasteiger partial charge in [-0.05, 0) is 45.0 Å². The molecule has 1 aromatic heterocycles. The van der Waals surface area contributed by atoms with Crippen LogP contribution in [0.4, 0.5) is 4.39 Å². The van der Waals surface area contributed by atoms with Crippen LogP contribution in [0.25, 0.3) is 0 Å². The minimum atomic E-state index is -0.134. The third kappa shape index (κ3) is 4.13. The maximum absolute atomic E-state index is 13.9. The van der Waals surface area contributed by atoms with Crippen molar-refractivity contribution in [1.29, 1.82) is 0 Å². The molecular weight excluding hydrogens is 283 g/mol. The molecule has 114 valence electrons. The minimum Gasteiger partial charge on any atom is -0.313 e. The van der Waals surface area contributed by atoms with E-state index in [1.165, 1.54) is 10.9 Å². The zero-order chi connectivity index (χ0) is 15.2. The van der Waals surface area contributed by atoms with Gasteiger partial charge < -0.3 is 5.32 Å².